The Balaban J connectivity index is 1.69. The summed E-state index contributed by atoms with van der Waals surface area (Å²) in [6.07, 6.45) is 3.83. The van der Waals surface area contributed by atoms with Crippen LogP contribution in [0.4, 0.5) is 5.69 Å². The highest BCUT2D eigenvalue weighted by atomic mass is 32.2. The lowest BCUT2D eigenvalue weighted by Crippen LogP contribution is -2.47. The molecule has 1 aliphatic rings. The van der Waals surface area contributed by atoms with E-state index in [-0.39, 0.29) is 11.7 Å². The van der Waals surface area contributed by atoms with Crippen molar-refractivity contribution in [2.45, 2.75) is 25.3 Å². The number of nitrogens with zero attached hydrogens (tertiary/aromatic N) is 2. The summed E-state index contributed by atoms with van der Waals surface area (Å²) in [6.45, 7) is 3.01. The van der Waals surface area contributed by atoms with Gasteiger partial charge in [0.05, 0.1) is 17.8 Å². The van der Waals surface area contributed by atoms with Crippen molar-refractivity contribution >= 4 is 15.7 Å². The van der Waals surface area contributed by atoms with Gasteiger partial charge in [0.25, 0.3) is 5.69 Å². The van der Waals surface area contributed by atoms with E-state index < -0.39 is 14.9 Å². The van der Waals surface area contributed by atoms with Crippen molar-refractivity contribution in [1.29, 1.82) is 0 Å². The molecule has 0 saturated carbocycles. The molecule has 0 aliphatic carbocycles. The lowest BCUT2D eigenvalue weighted by Gasteiger charge is -2.32. The number of sulfonamides is 1. The van der Waals surface area contributed by atoms with Crippen molar-refractivity contribution in [2.24, 2.45) is 0 Å². The van der Waals surface area contributed by atoms with E-state index in [2.05, 4.69) is 9.62 Å². The molecule has 0 aromatic heterocycles. The van der Waals surface area contributed by atoms with Gasteiger partial charge >= 0.3 is 0 Å². The fourth-order valence-electron chi connectivity index (χ4n) is 2.80. The van der Waals surface area contributed by atoms with E-state index in [1.165, 1.54) is 18.4 Å². The molecular weight excluding hydrogens is 334 g/mol. The third-order valence-corrected chi connectivity index (χ3v) is 4.58. The normalized spacial score (nSPS) is 19.1. The predicted octanol–water partition coefficient (Wildman–Crippen LogP) is 1.38. The first kappa shape index (κ1) is 18.6. The van der Waals surface area contributed by atoms with Crippen LogP contribution in [0.5, 0.6) is 5.75 Å². The minimum absolute atomic E-state index is 0.0238. The molecule has 1 N–H and O–H groups in total. The number of benzene rings is 1. The summed E-state index contributed by atoms with van der Waals surface area (Å²) in [5.41, 5.74) is 0.0417. The van der Waals surface area contributed by atoms with Crippen LogP contribution in [0.3, 0.4) is 0 Å². The molecule has 1 saturated heterocycles. The Bertz CT molecular complexity index is 648. The van der Waals surface area contributed by atoms with E-state index in [0.717, 1.165) is 32.4 Å². The maximum atomic E-state index is 11.3. The van der Waals surface area contributed by atoms with Gasteiger partial charge in [0.1, 0.15) is 5.75 Å². The minimum Gasteiger partial charge on any atom is -0.494 e. The first-order chi connectivity index (χ1) is 11.3. The monoisotopic (exact) mass is 357 g/mol. The Morgan fingerprint density at radius 2 is 2.08 bits per heavy atom. The number of nitro groups is 1. The van der Waals surface area contributed by atoms with Gasteiger partial charge in [-0.05, 0) is 37.9 Å². The van der Waals surface area contributed by atoms with Crippen LogP contribution in [0.15, 0.2) is 24.3 Å². The van der Waals surface area contributed by atoms with Gasteiger partial charge in [-0.1, -0.05) is 0 Å². The molecule has 8 nitrogen and oxygen atoms in total. The van der Waals surface area contributed by atoms with Crippen LogP contribution in [-0.4, -0.2) is 56.8 Å². The number of hydrogen-bond acceptors (Lipinski definition) is 6. The maximum absolute atomic E-state index is 11.3. The number of rotatable bonds is 8. The Labute approximate surface area is 142 Å². The van der Waals surface area contributed by atoms with Gasteiger partial charge in [-0.25, -0.2) is 13.1 Å². The summed E-state index contributed by atoms with van der Waals surface area (Å²) in [5, 5.41) is 10.6. The zero-order valence-electron chi connectivity index (χ0n) is 13.7. The van der Waals surface area contributed by atoms with E-state index in [1.807, 2.05) is 0 Å². The van der Waals surface area contributed by atoms with Crippen LogP contribution in [-0.2, 0) is 10.0 Å². The molecule has 0 bridgehead atoms. The summed E-state index contributed by atoms with van der Waals surface area (Å²) in [7, 11) is -3.17. The van der Waals surface area contributed by atoms with Crippen molar-refractivity contribution in [2.75, 3.05) is 32.5 Å². The molecule has 1 fully saturated rings. The molecule has 1 aromatic carbocycles. The van der Waals surface area contributed by atoms with Crippen LogP contribution in [0.25, 0.3) is 0 Å². The molecule has 1 aromatic rings. The topological polar surface area (TPSA) is 102 Å². The molecule has 9 heteroatoms. The Kier molecular flexibility index (Phi) is 6.52. The highest BCUT2D eigenvalue weighted by Crippen LogP contribution is 2.17. The van der Waals surface area contributed by atoms with E-state index in [1.54, 1.807) is 12.1 Å². The molecule has 1 heterocycles. The number of hydrogen-bond donors (Lipinski definition) is 1. The third-order valence-electron chi connectivity index (χ3n) is 3.82. The van der Waals surface area contributed by atoms with Crippen molar-refractivity contribution in [3.8, 4) is 5.75 Å². The first-order valence-electron chi connectivity index (χ1n) is 7.90. The number of nitrogens with one attached hydrogen (secondary N) is 1. The molecule has 0 spiro atoms. The van der Waals surface area contributed by atoms with Gasteiger partial charge < -0.3 is 9.64 Å². The molecule has 2 rings (SSSR count). The van der Waals surface area contributed by atoms with Gasteiger partial charge in [-0.15, -0.1) is 0 Å². The minimum atomic E-state index is -3.17. The molecule has 0 amide bonds. The zero-order valence-corrected chi connectivity index (χ0v) is 14.5. The van der Waals surface area contributed by atoms with Crippen LogP contribution >= 0.6 is 0 Å². The number of non-ortho nitro benzene ring substituents is 1. The van der Waals surface area contributed by atoms with Crippen molar-refractivity contribution in [3.05, 3.63) is 34.4 Å². The SMILES string of the molecule is CS(=O)(=O)NC1CCCN(CCCOc2ccc([N+](=O)[O-])cc2)C1. The lowest BCUT2D eigenvalue weighted by molar-refractivity contribution is -0.384. The largest absolute Gasteiger partial charge is 0.494 e. The average Bonchev–Trinajstić information content (AvgIpc) is 2.51. The Morgan fingerprint density at radius 3 is 2.71 bits per heavy atom. The molecule has 1 aliphatic heterocycles. The second kappa shape index (κ2) is 8.41. The summed E-state index contributed by atoms with van der Waals surface area (Å²) >= 11 is 0. The third kappa shape index (κ3) is 6.42. The molecule has 0 radical (unpaired) electrons. The standard InChI is InChI=1S/C15H23N3O5S/c1-24(21,22)16-13-4-2-9-17(12-13)10-3-11-23-15-7-5-14(6-8-15)18(19)20/h5-8,13,16H,2-4,9-12H2,1H3. The maximum Gasteiger partial charge on any atom is 0.269 e. The van der Waals surface area contributed by atoms with E-state index in [9.17, 15) is 18.5 Å². The molecule has 24 heavy (non-hydrogen) atoms. The van der Waals surface area contributed by atoms with Crippen molar-refractivity contribution in [1.82, 2.24) is 9.62 Å². The second-order valence-corrected chi connectivity index (χ2v) is 7.76. The van der Waals surface area contributed by atoms with E-state index in [4.69, 9.17) is 4.74 Å². The first-order valence-corrected chi connectivity index (χ1v) is 9.79. The summed E-state index contributed by atoms with van der Waals surface area (Å²) in [4.78, 5) is 12.4. The fourth-order valence-corrected chi connectivity index (χ4v) is 3.60. The highest BCUT2D eigenvalue weighted by Gasteiger charge is 2.21. The van der Waals surface area contributed by atoms with Gasteiger partial charge in [0.15, 0.2) is 0 Å². The molecule has 134 valence electrons. The van der Waals surface area contributed by atoms with E-state index in [0.29, 0.717) is 18.9 Å². The average molecular weight is 357 g/mol. The molecular formula is C15H23N3O5S. The number of likely N-dealkylation sites (tertiary alicyclic amines) is 1. The van der Waals surface area contributed by atoms with Crippen LogP contribution < -0.4 is 9.46 Å². The van der Waals surface area contributed by atoms with Gasteiger partial charge in [0, 0.05) is 31.3 Å². The number of piperidine rings is 1. The Hall–Kier alpha value is -1.71. The summed E-state index contributed by atoms with van der Waals surface area (Å²) < 4.78 is 30.8. The second-order valence-electron chi connectivity index (χ2n) is 5.98. The van der Waals surface area contributed by atoms with Crippen molar-refractivity contribution < 1.29 is 18.1 Å². The summed E-state index contributed by atoms with van der Waals surface area (Å²) in [6, 6.07) is 5.99. The lowest BCUT2D eigenvalue weighted by atomic mass is 10.1. The van der Waals surface area contributed by atoms with Gasteiger partial charge in [0.2, 0.25) is 10.0 Å². The number of nitro benzene ring substituents is 1. The number of ether oxygens (including phenoxy) is 1. The zero-order chi connectivity index (χ0) is 17.6. The summed E-state index contributed by atoms with van der Waals surface area (Å²) in [5.74, 6) is 0.607. The van der Waals surface area contributed by atoms with Crippen LogP contribution in [0.2, 0.25) is 0 Å². The van der Waals surface area contributed by atoms with E-state index >= 15 is 0 Å². The smallest absolute Gasteiger partial charge is 0.269 e. The van der Waals surface area contributed by atoms with Crippen molar-refractivity contribution in [3.63, 3.8) is 0 Å². The molecule has 1 unspecified atom stereocenters. The predicted molar refractivity (Wildman–Crippen MR) is 90.6 cm³/mol. The van der Waals surface area contributed by atoms with Gasteiger partial charge in [-0.3, -0.25) is 10.1 Å². The quantitative estimate of drug-likeness (QED) is 0.428. The van der Waals surface area contributed by atoms with Crippen LogP contribution in [0.1, 0.15) is 19.3 Å². The fraction of sp³-hybridized carbons (Fsp3) is 0.600. The highest BCUT2D eigenvalue weighted by molar-refractivity contribution is 7.88. The van der Waals surface area contributed by atoms with Crippen LogP contribution in [0, 0.1) is 10.1 Å². The van der Waals surface area contributed by atoms with Gasteiger partial charge in [-0.2, -0.15) is 0 Å². The molecule has 1 atom stereocenters. The Morgan fingerprint density at radius 1 is 1.38 bits per heavy atom.